The molecule has 6 nitrogen and oxygen atoms in total. The number of ether oxygens (including phenoxy) is 1. The Morgan fingerprint density at radius 1 is 1.12 bits per heavy atom. The van der Waals surface area contributed by atoms with Gasteiger partial charge in [0.15, 0.2) is 11.9 Å². The maximum absolute atomic E-state index is 13.1. The van der Waals surface area contributed by atoms with Crippen LogP contribution >= 0.6 is 0 Å². The summed E-state index contributed by atoms with van der Waals surface area (Å²) in [6.07, 6.45) is 5.76. The van der Waals surface area contributed by atoms with Crippen LogP contribution in [0, 0.1) is 17.8 Å². The van der Waals surface area contributed by atoms with Gasteiger partial charge in [-0.15, -0.1) is 0 Å². The number of para-hydroxylation sites is 1. The van der Waals surface area contributed by atoms with Gasteiger partial charge in [-0.05, 0) is 75.1 Å². The van der Waals surface area contributed by atoms with Gasteiger partial charge in [0.2, 0.25) is 0 Å². The van der Waals surface area contributed by atoms with E-state index in [4.69, 9.17) is 9.15 Å². The van der Waals surface area contributed by atoms with Gasteiger partial charge < -0.3 is 14.5 Å². The van der Waals surface area contributed by atoms with Gasteiger partial charge in [0.05, 0.1) is 17.3 Å². The first-order chi connectivity index (χ1) is 15.5. The number of benzene rings is 1. The highest BCUT2D eigenvalue weighted by Gasteiger charge is 2.42. The minimum atomic E-state index is -0.887. The molecule has 1 aromatic carbocycles. The fourth-order valence-corrected chi connectivity index (χ4v) is 5.53. The summed E-state index contributed by atoms with van der Waals surface area (Å²) in [5.74, 6) is 1.83. The summed E-state index contributed by atoms with van der Waals surface area (Å²) >= 11 is 0. The Morgan fingerprint density at radius 3 is 2.69 bits per heavy atom. The third-order valence-corrected chi connectivity index (χ3v) is 7.17. The first-order valence-electron chi connectivity index (χ1n) is 11.4. The lowest BCUT2D eigenvalue weighted by Gasteiger charge is -2.29. The van der Waals surface area contributed by atoms with E-state index in [1.165, 1.54) is 25.7 Å². The van der Waals surface area contributed by atoms with E-state index in [1.54, 1.807) is 31.4 Å². The Bertz CT molecular complexity index is 1140. The molecule has 2 fully saturated rings. The van der Waals surface area contributed by atoms with E-state index in [-0.39, 0.29) is 11.9 Å². The smallest absolute Gasteiger partial charge is 0.339 e. The first-order valence-corrected chi connectivity index (χ1v) is 11.4. The largest absolute Gasteiger partial charge is 0.463 e. The molecule has 5 atom stereocenters. The lowest BCUT2D eigenvalue weighted by atomic mass is 9.84. The number of amides is 1. The predicted molar refractivity (Wildman–Crippen MR) is 121 cm³/mol. The van der Waals surface area contributed by atoms with Gasteiger partial charge in [0.25, 0.3) is 5.91 Å². The fourth-order valence-electron chi connectivity index (χ4n) is 5.53. The molecule has 0 radical (unpaired) electrons. The number of aromatic nitrogens is 1. The fraction of sp³-hybridized carbons (Fsp3) is 0.423. The van der Waals surface area contributed by atoms with E-state index in [1.807, 2.05) is 24.3 Å². The molecule has 2 heterocycles. The van der Waals surface area contributed by atoms with Gasteiger partial charge in [-0.3, -0.25) is 4.79 Å². The zero-order valence-electron chi connectivity index (χ0n) is 18.4. The van der Waals surface area contributed by atoms with Crippen LogP contribution in [0.2, 0.25) is 0 Å². The van der Waals surface area contributed by atoms with Crippen molar-refractivity contribution in [3.63, 3.8) is 0 Å². The maximum Gasteiger partial charge on any atom is 0.339 e. The third kappa shape index (κ3) is 3.90. The summed E-state index contributed by atoms with van der Waals surface area (Å²) in [6.45, 7) is 3.70. The SMILES string of the molecule is CC(OC(=O)c1cc(-c2ccco2)nc2ccccc12)C(=O)NC(C)C1CC2CCC1C2. The Labute approximate surface area is 187 Å². The summed E-state index contributed by atoms with van der Waals surface area (Å²) in [6, 6.07) is 12.7. The molecule has 0 aliphatic heterocycles. The second kappa shape index (κ2) is 8.41. The number of esters is 1. The van der Waals surface area contributed by atoms with E-state index in [2.05, 4.69) is 17.2 Å². The molecule has 32 heavy (non-hydrogen) atoms. The highest BCUT2D eigenvalue weighted by atomic mass is 16.5. The van der Waals surface area contributed by atoms with Crippen LogP contribution in [0.25, 0.3) is 22.4 Å². The molecule has 0 spiro atoms. The van der Waals surface area contributed by atoms with Crippen molar-refractivity contribution in [3.05, 3.63) is 54.3 Å². The van der Waals surface area contributed by atoms with E-state index in [0.717, 1.165) is 11.8 Å². The van der Waals surface area contributed by atoms with Crippen molar-refractivity contribution in [2.75, 3.05) is 0 Å². The monoisotopic (exact) mass is 432 g/mol. The number of hydrogen-bond donors (Lipinski definition) is 1. The summed E-state index contributed by atoms with van der Waals surface area (Å²) in [4.78, 5) is 30.5. The highest BCUT2D eigenvalue weighted by molar-refractivity contribution is 6.05. The first kappa shape index (κ1) is 20.7. The van der Waals surface area contributed by atoms with E-state index >= 15 is 0 Å². The molecule has 6 heteroatoms. The van der Waals surface area contributed by atoms with Crippen molar-refractivity contribution in [3.8, 4) is 11.5 Å². The Kier molecular flexibility index (Phi) is 5.45. The van der Waals surface area contributed by atoms with Gasteiger partial charge in [0, 0.05) is 11.4 Å². The second-order valence-corrected chi connectivity index (χ2v) is 9.23. The average Bonchev–Trinajstić information content (AvgIpc) is 3.56. The van der Waals surface area contributed by atoms with Crippen molar-refractivity contribution < 1.29 is 18.7 Å². The van der Waals surface area contributed by atoms with E-state index < -0.39 is 12.1 Å². The van der Waals surface area contributed by atoms with Gasteiger partial charge in [-0.1, -0.05) is 24.6 Å². The topological polar surface area (TPSA) is 81.4 Å². The van der Waals surface area contributed by atoms with Gasteiger partial charge in [0.1, 0.15) is 5.69 Å². The van der Waals surface area contributed by atoms with Crippen LogP contribution in [0.15, 0.2) is 53.1 Å². The van der Waals surface area contributed by atoms with Crippen molar-refractivity contribution in [1.82, 2.24) is 10.3 Å². The molecule has 1 amide bonds. The van der Waals surface area contributed by atoms with Gasteiger partial charge in [-0.25, -0.2) is 9.78 Å². The van der Waals surface area contributed by atoms with Gasteiger partial charge in [-0.2, -0.15) is 0 Å². The quantitative estimate of drug-likeness (QED) is 0.556. The zero-order chi connectivity index (χ0) is 22.2. The molecule has 2 bridgehead atoms. The van der Waals surface area contributed by atoms with Crippen LogP contribution in [0.1, 0.15) is 49.9 Å². The van der Waals surface area contributed by atoms with Crippen LogP contribution in [0.3, 0.4) is 0 Å². The van der Waals surface area contributed by atoms with Crippen molar-refractivity contribution in [2.24, 2.45) is 17.8 Å². The lowest BCUT2D eigenvalue weighted by molar-refractivity contribution is -0.130. The minimum absolute atomic E-state index is 0.0891. The second-order valence-electron chi connectivity index (χ2n) is 9.23. The van der Waals surface area contributed by atoms with Crippen LogP contribution in [0.5, 0.6) is 0 Å². The molecule has 1 N–H and O–H groups in total. The summed E-state index contributed by atoms with van der Waals surface area (Å²) in [7, 11) is 0. The summed E-state index contributed by atoms with van der Waals surface area (Å²) < 4.78 is 11.1. The minimum Gasteiger partial charge on any atom is -0.463 e. The molecule has 2 aliphatic carbocycles. The maximum atomic E-state index is 13.1. The highest BCUT2D eigenvalue weighted by Crippen LogP contribution is 2.49. The average molecular weight is 433 g/mol. The van der Waals surface area contributed by atoms with Crippen molar-refractivity contribution >= 4 is 22.8 Å². The molecule has 0 saturated heterocycles. The normalized spacial score (nSPS) is 23.8. The number of furan rings is 1. The van der Waals surface area contributed by atoms with Crippen molar-refractivity contribution in [2.45, 2.75) is 51.7 Å². The van der Waals surface area contributed by atoms with E-state index in [9.17, 15) is 9.59 Å². The number of nitrogens with zero attached hydrogens (tertiary/aromatic N) is 1. The summed E-state index contributed by atoms with van der Waals surface area (Å²) in [5.41, 5.74) is 1.57. The number of carbonyl (C=O) groups is 2. The Hall–Kier alpha value is -3.15. The molecule has 166 valence electrons. The molecular formula is C26H28N2O4. The number of carbonyl (C=O) groups excluding carboxylic acids is 2. The Morgan fingerprint density at radius 2 is 1.97 bits per heavy atom. The number of hydrogen-bond acceptors (Lipinski definition) is 5. The molecule has 2 aromatic heterocycles. The molecular weight excluding hydrogens is 404 g/mol. The molecule has 5 rings (SSSR count). The summed E-state index contributed by atoms with van der Waals surface area (Å²) in [5, 5.41) is 3.77. The standard InChI is InChI=1S/C26H28N2O4/c1-15(20-13-17-9-10-18(20)12-17)27-25(29)16(2)32-26(30)21-14-23(24-8-5-11-31-24)28-22-7-4-3-6-19(21)22/h3-8,11,14-18,20H,9-10,12-13H2,1-2H3,(H,27,29). The van der Waals surface area contributed by atoms with Gasteiger partial charge >= 0.3 is 5.97 Å². The number of fused-ring (bicyclic) bond motifs is 3. The van der Waals surface area contributed by atoms with Crippen LogP contribution in [-0.4, -0.2) is 29.0 Å². The number of rotatable bonds is 6. The predicted octanol–water partition coefficient (Wildman–Crippen LogP) is 4.98. The number of nitrogens with one attached hydrogen (secondary N) is 1. The van der Waals surface area contributed by atoms with Crippen LogP contribution in [-0.2, 0) is 9.53 Å². The van der Waals surface area contributed by atoms with Crippen LogP contribution < -0.4 is 5.32 Å². The third-order valence-electron chi connectivity index (χ3n) is 7.17. The van der Waals surface area contributed by atoms with E-state index in [0.29, 0.717) is 33.8 Å². The molecule has 3 aromatic rings. The lowest BCUT2D eigenvalue weighted by Crippen LogP contribution is -2.45. The molecule has 5 unspecified atom stereocenters. The molecule has 2 saturated carbocycles. The number of pyridine rings is 1. The zero-order valence-corrected chi connectivity index (χ0v) is 18.4. The van der Waals surface area contributed by atoms with Crippen molar-refractivity contribution in [1.29, 1.82) is 0 Å². The Balaban J connectivity index is 1.31. The molecule has 2 aliphatic rings. The van der Waals surface area contributed by atoms with Crippen LogP contribution in [0.4, 0.5) is 0 Å².